The second-order valence-electron chi connectivity index (χ2n) is 4.38. The maximum atomic E-state index is 11.6. The van der Waals surface area contributed by atoms with Crippen LogP contribution in [0.5, 0.6) is 0 Å². The highest BCUT2D eigenvalue weighted by Crippen LogP contribution is 2.17. The number of likely N-dealkylation sites (tertiary alicyclic amines) is 1. The predicted octanol–water partition coefficient (Wildman–Crippen LogP) is 0.563. The van der Waals surface area contributed by atoms with Gasteiger partial charge in [0.15, 0.2) is 0 Å². The lowest BCUT2D eigenvalue weighted by molar-refractivity contribution is -0.128. The molecule has 1 fully saturated rings. The first-order chi connectivity index (χ1) is 8.16. The fourth-order valence-corrected chi connectivity index (χ4v) is 2.09. The van der Waals surface area contributed by atoms with Crippen LogP contribution in [-0.2, 0) is 16.0 Å². The van der Waals surface area contributed by atoms with Crippen molar-refractivity contribution in [1.29, 1.82) is 0 Å². The summed E-state index contributed by atoms with van der Waals surface area (Å²) in [5, 5.41) is 0. The minimum Gasteiger partial charge on any atom is -0.369 e. The van der Waals surface area contributed by atoms with Crippen LogP contribution < -0.4 is 5.73 Å². The quantitative estimate of drug-likeness (QED) is 0.824. The fourth-order valence-electron chi connectivity index (χ4n) is 2.09. The van der Waals surface area contributed by atoms with Gasteiger partial charge in [-0.15, -0.1) is 0 Å². The van der Waals surface area contributed by atoms with Crippen molar-refractivity contribution in [2.24, 2.45) is 11.7 Å². The molecular weight excluding hydrogens is 216 g/mol. The molecule has 0 bridgehead atoms. The molecule has 1 atom stereocenters. The molecule has 1 heterocycles. The third kappa shape index (κ3) is 2.84. The molecule has 0 aromatic heterocycles. The summed E-state index contributed by atoms with van der Waals surface area (Å²) in [6.07, 6.45) is 1.09. The van der Waals surface area contributed by atoms with E-state index >= 15 is 0 Å². The van der Waals surface area contributed by atoms with Gasteiger partial charge in [0.2, 0.25) is 11.8 Å². The summed E-state index contributed by atoms with van der Waals surface area (Å²) in [7, 11) is 0. The number of hydrogen-bond acceptors (Lipinski definition) is 2. The summed E-state index contributed by atoms with van der Waals surface area (Å²) in [6, 6.07) is 9.99. The summed E-state index contributed by atoms with van der Waals surface area (Å²) >= 11 is 0. The van der Waals surface area contributed by atoms with Crippen molar-refractivity contribution in [3.63, 3.8) is 0 Å². The number of nitrogens with two attached hydrogens (primary N) is 1. The number of primary amides is 1. The van der Waals surface area contributed by atoms with E-state index in [2.05, 4.69) is 0 Å². The highest BCUT2D eigenvalue weighted by Gasteiger charge is 2.32. The standard InChI is InChI=1S/C13H16N2O2/c14-13(17)11-8-12(16)15(9-11)7-6-10-4-2-1-3-5-10/h1-5,11H,6-9H2,(H2,14,17)/t11-/m1/s1. The second-order valence-corrected chi connectivity index (χ2v) is 4.38. The largest absolute Gasteiger partial charge is 0.369 e. The average molecular weight is 232 g/mol. The lowest BCUT2D eigenvalue weighted by atomic mass is 10.1. The Labute approximate surface area is 100 Å². The van der Waals surface area contributed by atoms with Gasteiger partial charge in [-0.1, -0.05) is 30.3 Å². The van der Waals surface area contributed by atoms with Crippen molar-refractivity contribution in [2.45, 2.75) is 12.8 Å². The molecule has 0 saturated carbocycles. The first-order valence-corrected chi connectivity index (χ1v) is 5.78. The van der Waals surface area contributed by atoms with E-state index in [9.17, 15) is 9.59 Å². The number of benzene rings is 1. The lowest BCUT2D eigenvalue weighted by Crippen LogP contribution is -2.30. The van der Waals surface area contributed by atoms with Crippen LogP contribution >= 0.6 is 0 Å². The van der Waals surface area contributed by atoms with E-state index in [1.807, 2.05) is 30.3 Å². The Kier molecular flexibility index (Phi) is 3.42. The van der Waals surface area contributed by atoms with Crippen molar-refractivity contribution >= 4 is 11.8 Å². The predicted molar refractivity (Wildman–Crippen MR) is 64.0 cm³/mol. The minimum atomic E-state index is -0.374. The normalized spacial score (nSPS) is 19.6. The van der Waals surface area contributed by atoms with Crippen molar-refractivity contribution in [1.82, 2.24) is 4.90 Å². The smallest absolute Gasteiger partial charge is 0.223 e. The number of nitrogens with zero attached hydrogens (tertiary/aromatic N) is 1. The Morgan fingerprint density at radius 3 is 2.65 bits per heavy atom. The Bertz CT molecular complexity index is 417. The van der Waals surface area contributed by atoms with Crippen LogP contribution in [0.1, 0.15) is 12.0 Å². The molecule has 1 aliphatic heterocycles. The Balaban J connectivity index is 1.88. The van der Waals surface area contributed by atoms with Gasteiger partial charge in [0, 0.05) is 19.5 Å². The zero-order valence-corrected chi connectivity index (χ0v) is 9.63. The van der Waals surface area contributed by atoms with Crippen LogP contribution in [-0.4, -0.2) is 29.8 Å². The van der Waals surface area contributed by atoms with Gasteiger partial charge < -0.3 is 10.6 Å². The molecule has 0 unspecified atom stereocenters. The van der Waals surface area contributed by atoms with Crippen molar-refractivity contribution in [2.75, 3.05) is 13.1 Å². The molecule has 4 heteroatoms. The lowest BCUT2D eigenvalue weighted by Gasteiger charge is -2.15. The number of carbonyl (C=O) groups excluding carboxylic acids is 2. The Morgan fingerprint density at radius 1 is 1.35 bits per heavy atom. The zero-order valence-electron chi connectivity index (χ0n) is 9.63. The highest BCUT2D eigenvalue weighted by molar-refractivity contribution is 5.88. The molecule has 0 aliphatic carbocycles. The van der Waals surface area contributed by atoms with Crippen LogP contribution in [0.4, 0.5) is 0 Å². The number of hydrogen-bond donors (Lipinski definition) is 1. The van der Waals surface area contributed by atoms with E-state index in [4.69, 9.17) is 5.73 Å². The summed E-state index contributed by atoms with van der Waals surface area (Å²) in [4.78, 5) is 24.4. The van der Waals surface area contributed by atoms with Gasteiger partial charge in [0.1, 0.15) is 0 Å². The van der Waals surface area contributed by atoms with E-state index < -0.39 is 0 Å². The first kappa shape index (κ1) is 11.6. The molecule has 1 aliphatic rings. The van der Waals surface area contributed by atoms with E-state index in [-0.39, 0.29) is 24.2 Å². The van der Waals surface area contributed by atoms with Crippen LogP contribution in [0.15, 0.2) is 30.3 Å². The van der Waals surface area contributed by atoms with Gasteiger partial charge in [0.05, 0.1) is 5.92 Å². The molecule has 4 nitrogen and oxygen atoms in total. The molecule has 90 valence electrons. The molecule has 2 amide bonds. The Hall–Kier alpha value is -1.84. The first-order valence-electron chi connectivity index (χ1n) is 5.78. The highest BCUT2D eigenvalue weighted by atomic mass is 16.2. The van der Waals surface area contributed by atoms with Gasteiger partial charge >= 0.3 is 0 Å². The van der Waals surface area contributed by atoms with Crippen LogP contribution in [0.3, 0.4) is 0 Å². The molecule has 1 saturated heterocycles. The maximum Gasteiger partial charge on any atom is 0.223 e. The monoisotopic (exact) mass is 232 g/mol. The molecular formula is C13H16N2O2. The van der Waals surface area contributed by atoms with Crippen molar-refractivity contribution in [3.05, 3.63) is 35.9 Å². The van der Waals surface area contributed by atoms with E-state index in [0.717, 1.165) is 6.42 Å². The maximum absolute atomic E-state index is 11.6. The molecule has 2 N–H and O–H groups in total. The molecule has 0 radical (unpaired) electrons. The summed E-state index contributed by atoms with van der Waals surface area (Å²) in [5.41, 5.74) is 6.41. The molecule has 17 heavy (non-hydrogen) atoms. The molecule has 2 rings (SSSR count). The third-order valence-electron chi connectivity index (χ3n) is 3.13. The molecule has 0 spiro atoms. The molecule has 1 aromatic carbocycles. The van der Waals surface area contributed by atoms with Crippen molar-refractivity contribution in [3.8, 4) is 0 Å². The second kappa shape index (κ2) is 4.99. The number of rotatable bonds is 4. The van der Waals surface area contributed by atoms with Crippen molar-refractivity contribution < 1.29 is 9.59 Å². The minimum absolute atomic E-state index is 0.0322. The van der Waals surface area contributed by atoms with Crippen LogP contribution in [0.2, 0.25) is 0 Å². The topological polar surface area (TPSA) is 63.4 Å². The van der Waals surface area contributed by atoms with Crippen LogP contribution in [0.25, 0.3) is 0 Å². The zero-order chi connectivity index (χ0) is 12.3. The van der Waals surface area contributed by atoms with E-state index in [1.165, 1.54) is 5.56 Å². The third-order valence-corrected chi connectivity index (χ3v) is 3.13. The SMILES string of the molecule is NC(=O)[C@@H]1CC(=O)N(CCc2ccccc2)C1. The van der Waals surface area contributed by atoms with Gasteiger partial charge in [-0.3, -0.25) is 9.59 Å². The van der Waals surface area contributed by atoms with E-state index in [0.29, 0.717) is 13.1 Å². The molecule has 1 aromatic rings. The van der Waals surface area contributed by atoms with E-state index in [1.54, 1.807) is 4.90 Å². The summed E-state index contributed by atoms with van der Waals surface area (Å²) in [6.45, 7) is 1.13. The Morgan fingerprint density at radius 2 is 2.06 bits per heavy atom. The van der Waals surface area contributed by atoms with Crippen LogP contribution in [0, 0.1) is 5.92 Å². The number of amides is 2. The van der Waals surface area contributed by atoms with Gasteiger partial charge in [-0.2, -0.15) is 0 Å². The average Bonchev–Trinajstić information content (AvgIpc) is 2.70. The summed E-state index contributed by atoms with van der Waals surface area (Å²) in [5.74, 6) is -0.649. The fraction of sp³-hybridized carbons (Fsp3) is 0.385. The summed E-state index contributed by atoms with van der Waals surface area (Å²) < 4.78 is 0. The van der Waals surface area contributed by atoms with Gasteiger partial charge in [-0.05, 0) is 12.0 Å². The number of carbonyl (C=O) groups is 2. The van der Waals surface area contributed by atoms with Gasteiger partial charge in [-0.25, -0.2) is 0 Å². The van der Waals surface area contributed by atoms with Gasteiger partial charge in [0.25, 0.3) is 0 Å².